The van der Waals surface area contributed by atoms with Gasteiger partial charge in [0, 0.05) is 16.3 Å². The molecule has 0 saturated carbocycles. The standard InChI is InChI=1S/C12H15N3S/c1-8-5-6-10(9(2)14-8)12(15-13)11-4-3-7-16-11/h3-7,12,15H,13H2,1-2H3. The Kier molecular flexibility index (Phi) is 3.33. The van der Waals surface area contributed by atoms with Crippen molar-refractivity contribution in [2.45, 2.75) is 19.9 Å². The van der Waals surface area contributed by atoms with Gasteiger partial charge < -0.3 is 0 Å². The number of hydrogen-bond acceptors (Lipinski definition) is 4. The molecule has 3 N–H and O–H groups in total. The molecule has 0 amide bonds. The normalized spacial score (nSPS) is 12.7. The Morgan fingerprint density at radius 2 is 2.12 bits per heavy atom. The van der Waals surface area contributed by atoms with E-state index in [0.717, 1.165) is 17.0 Å². The molecule has 0 aromatic carbocycles. The molecule has 0 saturated heterocycles. The van der Waals surface area contributed by atoms with E-state index >= 15 is 0 Å². The fourth-order valence-corrected chi connectivity index (χ4v) is 2.59. The molecule has 2 aromatic rings. The van der Waals surface area contributed by atoms with Crippen LogP contribution in [0.3, 0.4) is 0 Å². The number of pyridine rings is 1. The summed E-state index contributed by atoms with van der Waals surface area (Å²) in [6.07, 6.45) is 0. The summed E-state index contributed by atoms with van der Waals surface area (Å²) < 4.78 is 0. The predicted molar refractivity (Wildman–Crippen MR) is 67.2 cm³/mol. The number of aromatic nitrogens is 1. The van der Waals surface area contributed by atoms with Crippen LogP contribution in [0.1, 0.15) is 27.9 Å². The monoisotopic (exact) mass is 233 g/mol. The van der Waals surface area contributed by atoms with Crippen LogP contribution in [0.5, 0.6) is 0 Å². The molecular weight excluding hydrogens is 218 g/mol. The smallest absolute Gasteiger partial charge is 0.0819 e. The molecule has 1 unspecified atom stereocenters. The summed E-state index contributed by atoms with van der Waals surface area (Å²) in [5.74, 6) is 5.63. The fraction of sp³-hybridized carbons (Fsp3) is 0.250. The van der Waals surface area contributed by atoms with Gasteiger partial charge in [-0.05, 0) is 36.9 Å². The molecule has 0 aliphatic rings. The summed E-state index contributed by atoms with van der Waals surface area (Å²) in [6, 6.07) is 8.24. The lowest BCUT2D eigenvalue weighted by Crippen LogP contribution is -2.29. The molecule has 1 atom stereocenters. The fourth-order valence-electron chi connectivity index (χ4n) is 1.78. The van der Waals surface area contributed by atoms with Crippen LogP contribution >= 0.6 is 11.3 Å². The highest BCUT2D eigenvalue weighted by Crippen LogP contribution is 2.26. The number of nitrogens with two attached hydrogens (primary N) is 1. The van der Waals surface area contributed by atoms with Crippen LogP contribution < -0.4 is 11.3 Å². The summed E-state index contributed by atoms with van der Waals surface area (Å²) in [5, 5.41) is 2.05. The van der Waals surface area contributed by atoms with Crippen LogP contribution in [0, 0.1) is 13.8 Å². The van der Waals surface area contributed by atoms with Gasteiger partial charge in [0.1, 0.15) is 0 Å². The van der Waals surface area contributed by atoms with Crippen molar-refractivity contribution >= 4 is 11.3 Å². The topological polar surface area (TPSA) is 50.9 Å². The second-order valence-corrected chi connectivity index (χ2v) is 4.72. The van der Waals surface area contributed by atoms with E-state index in [4.69, 9.17) is 5.84 Å². The van der Waals surface area contributed by atoms with E-state index in [0.29, 0.717) is 0 Å². The third kappa shape index (κ3) is 2.14. The Balaban J connectivity index is 2.41. The second kappa shape index (κ2) is 4.74. The van der Waals surface area contributed by atoms with Crippen molar-refractivity contribution in [3.8, 4) is 0 Å². The minimum atomic E-state index is 0.0353. The van der Waals surface area contributed by atoms with Crippen LogP contribution in [0.15, 0.2) is 29.6 Å². The molecule has 3 nitrogen and oxygen atoms in total. The Hall–Kier alpha value is -1.23. The van der Waals surface area contributed by atoms with Crippen molar-refractivity contribution in [3.63, 3.8) is 0 Å². The molecule has 2 heterocycles. The van der Waals surface area contributed by atoms with Gasteiger partial charge in [-0.25, -0.2) is 5.43 Å². The van der Waals surface area contributed by atoms with Crippen molar-refractivity contribution < 1.29 is 0 Å². The molecule has 0 fully saturated rings. The van der Waals surface area contributed by atoms with Gasteiger partial charge in [0.25, 0.3) is 0 Å². The molecule has 16 heavy (non-hydrogen) atoms. The first-order valence-electron chi connectivity index (χ1n) is 5.16. The van der Waals surface area contributed by atoms with Gasteiger partial charge in [0.2, 0.25) is 0 Å². The van der Waals surface area contributed by atoms with E-state index in [1.807, 2.05) is 26.0 Å². The van der Waals surface area contributed by atoms with Crippen LogP contribution in [0.2, 0.25) is 0 Å². The van der Waals surface area contributed by atoms with Crippen LogP contribution in [0.4, 0.5) is 0 Å². The van der Waals surface area contributed by atoms with Gasteiger partial charge in [-0.3, -0.25) is 10.8 Å². The summed E-state index contributed by atoms with van der Waals surface area (Å²) in [7, 11) is 0. The number of hydrazine groups is 1. The van der Waals surface area contributed by atoms with Crippen molar-refractivity contribution in [1.82, 2.24) is 10.4 Å². The zero-order valence-electron chi connectivity index (χ0n) is 9.40. The SMILES string of the molecule is Cc1ccc(C(NN)c2cccs2)c(C)n1. The van der Waals surface area contributed by atoms with Crippen LogP contribution in [-0.2, 0) is 0 Å². The number of aryl methyl sites for hydroxylation is 2. The first-order chi connectivity index (χ1) is 7.72. The van der Waals surface area contributed by atoms with Gasteiger partial charge in [-0.2, -0.15) is 0 Å². The van der Waals surface area contributed by atoms with E-state index in [-0.39, 0.29) is 6.04 Å². The average molecular weight is 233 g/mol. The summed E-state index contributed by atoms with van der Waals surface area (Å²) in [5.41, 5.74) is 6.04. The number of hydrogen-bond donors (Lipinski definition) is 2. The number of rotatable bonds is 3. The zero-order chi connectivity index (χ0) is 11.5. The molecule has 0 radical (unpaired) electrons. The molecule has 4 heteroatoms. The van der Waals surface area contributed by atoms with E-state index < -0.39 is 0 Å². The quantitative estimate of drug-likeness (QED) is 0.632. The molecule has 2 rings (SSSR count). The first-order valence-corrected chi connectivity index (χ1v) is 6.04. The minimum Gasteiger partial charge on any atom is -0.271 e. The highest BCUT2D eigenvalue weighted by atomic mass is 32.1. The van der Waals surface area contributed by atoms with E-state index in [2.05, 4.69) is 27.9 Å². The summed E-state index contributed by atoms with van der Waals surface area (Å²) in [4.78, 5) is 5.67. The van der Waals surface area contributed by atoms with Crippen LogP contribution in [-0.4, -0.2) is 4.98 Å². The Morgan fingerprint density at radius 3 is 2.69 bits per heavy atom. The maximum absolute atomic E-state index is 5.63. The molecule has 0 aliphatic carbocycles. The van der Waals surface area contributed by atoms with E-state index in [1.54, 1.807) is 11.3 Å². The van der Waals surface area contributed by atoms with Gasteiger partial charge in [0.05, 0.1) is 6.04 Å². The Bertz CT molecular complexity index is 465. The highest BCUT2D eigenvalue weighted by molar-refractivity contribution is 7.10. The number of nitrogens with one attached hydrogen (secondary N) is 1. The van der Waals surface area contributed by atoms with Crippen molar-refractivity contribution in [2.75, 3.05) is 0 Å². The number of nitrogens with zero attached hydrogens (tertiary/aromatic N) is 1. The second-order valence-electron chi connectivity index (χ2n) is 3.74. The minimum absolute atomic E-state index is 0.0353. The lowest BCUT2D eigenvalue weighted by Gasteiger charge is -2.16. The maximum atomic E-state index is 5.63. The first kappa shape index (κ1) is 11.3. The van der Waals surface area contributed by atoms with Gasteiger partial charge >= 0.3 is 0 Å². The molecule has 0 bridgehead atoms. The average Bonchev–Trinajstić information content (AvgIpc) is 2.75. The third-order valence-electron chi connectivity index (χ3n) is 2.57. The number of thiophene rings is 1. The van der Waals surface area contributed by atoms with E-state index in [9.17, 15) is 0 Å². The summed E-state index contributed by atoms with van der Waals surface area (Å²) in [6.45, 7) is 4.01. The predicted octanol–water partition coefficient (Wildman–Crippen LogP) is 2.31. The molecule has 84 valence electrons. The zero-order valence-corrected chi connectivity index (χ0v) is 10.2. The van der Waals surface area contributed by atoms with Gasteiger partial charge in [-0.1, -0.05) is 12.1 Å². The van der Waals surface area contributed by atoms with E-state index in [1.165, 1.54) is 4.88 Å². The Labute approximate surface area is 99.3 Å². The molecular formula is C12H15N3S. The van der Waals surface area contributed by atoms with Gasteiger partial charge in [-0.15, -0.1) is 11.3 Å². The van der Waals surface area contributed by atoms with Crippen molar-refractivity contribution in [1.29, 1.82) is 0 Å². The van der Waals surface area contributed by atoms with Gasteiger partial charge in [0.15, 0.2) is 0 Å². The lowest BCUT2D eigenvalue weighted by atomic mass is 10.0. The van der Waals surface area contributed by atoms with Crippen LogP contribution in [0.25, 0.3) is 0 Å². The lowest BCUT2D eigenvalue weighted by molar-refractivity contribution is 0.639. The summed E-state index contributed by atoms with van der Waals surface area (Å²) >= 11 is 1.69. The Morgan fingerprint density at radius 1 is 1.31 bits per heavy atom. The molecule has 0 spiro atoms. The van der Waals surface area contributed by atoms with Crippen molar-refractivity contribution in [2.24, 2.45) is 5.84 Å². The molecule has 2 aromatic heterocycles. The maximum Gasteiger partial charge on any atom is 0.0819 e. The highest BCUT2D eigenvalue weighted by Gasteiger charge is 2.15. The largest absolute Gasteiger partial charge is 0.271 e. The third-order valence-corrected chi connectivity index (χ3v) is 3.51. The van der Waals surface area contributed by atoms with Crippen molar-refractivity contribution in [3.05, 3.63) is 51.5 Å². The molecule has 0 aliphatic heterocycles.